The van der Waals surface area contributed by atoms with Crippen molar-refractivity contribution in [2.75, 3.05) is 12.9 Å². The molecule has 0 fully saturated rings. The first-order valence-corrected chi connectivity index (χ1v) is 13.7. The largest absolute Gasteiger partial charge is 0.497 e. The Kier molecular flexibility index (Phi) is 7.93. The minimum atomic E-state index is -0.316. The van der Waals surface area contributed by atoms with Crippen LogP contribution in [0.1, 0.15) is 22.7 Å². The van der Waals surface area contributed by atoms with Crippen LogP contribution in [0.15, 0.2) is 82.7 Å². The van der Waals surface area contributed by atoms with Crippen molar-refractivity contribution >= 4 is 35.0 Å². The summed E-state index contributed by atoms with van der Waals surface area (Å²) >= 11 is 14.1. The molecule has 194 valence electrons. The van der Waals surface area contributed by atoms with Crippen LogP contribution in [-0.2, 0) is 6.42 Å². The molecule has 10 heteroatoms. The molecule has 2 N–H and O–H groups in total. The third kappa shape index (κ3) is 5.99. The van der Waals surface area contributed by atoms with Gasteiger partial charge >= 0.3 is 5.69 Å². The number of hydrogen-bond donors (Lipinski definition) is 2. The molecule has 0 aliphatic carbocycles. The molecular weight excluding hydrogens is 541 g/mol. The van der Waals surface area contributed by atoms with Crippen LogP contribution in [0.5, 0.6) is 5.75 Å². The molecule has 0 aliphatic rings. The highest BCUT2D eigenvalue weighted by molar-refractivity contribution is 7.99. The van der Waals surface area contributed by atoms with Crippen LogP contribution in [-0.4, -0.2) is 37.8 Å². The van der Waals surface area contributed by atoms with Gasteiger partial charge in [-0.1, -0.05) is 70.9 Å². The van der Waals surface area contributed by atoms with E-state index in [1.54, 1.807) is 13.2 Å². The van der Waals surface area contributed by atoms with Gasteiger partial charge in [0.05, 0.1) is 34.2 Å². The van der Waals surface area contributed by atoms with Crippen molar-refractivity contribution in [2.24, 2.45) is 0 Å². The van der Waals surface area contributed by atoms with Crippen molar-refractivity contribution in [1.82, 2.24) is 25.0 Å². The molecule has 0 saturated carbocycles. The van der Waals surface area contributed by atoms with Crippen molar-refractivity contribution in [3.05, 3.63) is 110 Å². The Bertz CT molecular complexity index is 1610. The first-order chi connectivity index (χ1) is 18.4. The quantitative estimate of drug-likeness (QED) is 0.194. The highest BCUT2D eigenvalue weighted by atomic mass is 35.5. The lowest BCUT2D eigenvalue weighted by molar-refractivity contribution is 0.414. The van der Waals surface area contributed by atoms with E-state index in [2.05, 4.69) is 52.4 Å². The van der Waals surface area contributed by atoms with Gasteiger partial charge in [0.1, 0.15) is 5.75 Å². The number of aryl methyl sites for hydroxylation is 1. The number of aromatic amines is 2. The lowest BCUT2D eigenvalue weighted by Crippen LogP contribution is -2.08. The van der Waals surface area contributed by atoms with Gasteiger partial charge in [0, 0.05) is 11.3 Å². The first-order valence-electron chi connectivity index (χ1n) is 11.9. The third-order valence-corrected chi connectivity index (χ3v) is 7.94. The fourth-order valence-corrected chi connectivity index (χ4v) is 5.51. The Balaban J connectivity index is 1.53. The first kappa shape index (κ1) is 26.2. The highest BCUT2D eigenvalue weighted by Crippen LogP contribution is 2.33. The van der Waals surface area contributed by atoms with Gasteiger partial charge < -0.3 is 4.74 Å². The Morgan fingerprint density at radius 3 is 2.53 bits per heavy atom. The molecule has 7 nitrogen and oxygen atoms in total. The van der Waals surface area contributed by atoms with Crippen molar-refractivity contribution in [3.8, 4) is 22.7 Å². The van der Waals surface area contributed by atoms with Crippen LogP contribution in [0.4, 0.5) is 0 Å². The van der Waals surface area contributed by atoms with Crippen LogP contribution in [0.25, 0.3) is 16.9 Å². The van der Waals surface area contributed by atoms with Gasteiger partial charge in [-0.15, -0.1) is 5.10 Å². The van der Waals surface area contributed by atoms with Gasteiger partial charge in [0.25, 0.3) is 0 Å². The van der Waals surface area contributed by atoms with E-state index >= 15 is 0 Å². The van der Waals surface area contributed by atoms with Gasteiger partial charge in [-0.25, -0.2) is 14.6 Å². The summed E-state index contributed by atoms with van der Waals surface area (Å²) in [5, 5.41) is 13.0. The number of halogens is 2. The SMILES string of the molecule is COc1ccc(-n2nc(CC(CSc3n[nH]c(=O)[nH]3)c3cccc(C)c3)cc2-c2ccc(Cl)c(Cl)c2)cc1. The molecule has 0 radical (unpaired) electrons. The Labute approximate surface area is 234 Å². The number of methoxy groups -OCH3 is 1. The van der Waals surface area contributed by atoms with Gasteiger partial charge in [-0.05, 0) is 67.3 Å². The van der Waals surface area contributed by atoms with Crippen LogP contribution < -0.4 is 10.4 Å². The standard InChI is InChI=1S/C28H25Cl2N5O2S/c1-17-4-3-5-18(12-17)20(16-38-28-31-27(36)32-33-28)13-21-15-26(19-6-11-24(29)25(30)14-19)35(34-21)22-7-9-23(37-2)10-8-22/h3-12,14-15,20H,13,16H2,1-2H3,(H2,31,32,33,36). The molecular formula is C28H25Cl2N5O2S. The molecule has 0 bridgehead atoms. The molecule has 38 heavy (non-hydrogen) atoms. The van der Waals surface area contributed by atoms with E-state index < -0.39 is 0 Å². The van der Waals surface area contributed by atoms with Gasteiger partial charge in [0.15, 0.2) is 5.16 Å². The zero-order valence-electron chi connectivity index (χ0n) is 20.7. The van der Waals surface area contributed by atoms with Crippen LogP contribution in [0, 0.1) is 6.92 Å². The second kappa shape index (κ2) is 11.5. The van der Waals surface area contributed by atoms with Crippen LogP contribution in [0.2, 0.25) is 10.0 Å². The van der Waals surface area contributed by atoms with Gasteiger partial charge in [-0.3, -0.25) is 4.98 Å². The normalized spacial score (nSPS) is 12.0. The minimum absolute atomic E-state index is 0.126. The van der Waals surface area contributed by atoms with Crippen molar-refractivity contribution < 1.29 is 4.74 Å². The zero-order chi connectivity index (χ0) is 26.6. The molecule has 0 aliphatic heterocycles. The van der Waals surface area contributed by atoms with Crippen LogP contribution in [0.3, 0.4) is 0 Å². The number of ether oxygens (including phenoxy) is 1. The molecule has 0 amide bonds. The topological polar surface area (TPSA) is 88.6 Å². The predicted molar refractivity (Wildman–Crippen MR) is 153 cm³/mol. The number of nitrogens with zero attached hydrogens (tertiary/aromatic N) is 3. The molecule has 5 rings (SSSR count). The predicted octanol–water partition coefficient (Wildman–Crippen LogP) is 6.69. The maximum atomic E-state index is 11.5. The van der Waals surface area contributed by atoms with E-state index in [4.69, 9.17) is 33.0 Å². The molecule has 0 spiro atoms. The van der Waals surface area contributed by atoms with Gasteiger partial charge in [0.2, 0.25) is 0 Å². The smallest absolute Gasteiger partial charge is 0.341 e. The van der Waals surface area contributed by atoms with Crippen molar-refractivity contribution in [3.63, 3.8) is 0 Å². The number of rotatable bonds is 9. The van der Waals surface area contributed by atoms with Crippen molar-refractivity contribution in [1.29, 1.82) is 0 Å². The summed E-state index contributed by atoms with van der Waals surface area (Å²) in [6.45, 7) is 2.08. The van der Waals surface area contributed by atoms with Gasteiger partial charge in [-0.2, -0.15) is 5.10 Å². The van der Waals surface area contributed by atoms with E-state index in [1.807, 2.05) is 41.1 Å². The second-order valence-corrected chi connectivity index (χ2v) is 10.7. The number of nitrogens with one attached hydrogen (secondary N) is 2. The summed E-state index contributed by atoms with van der Waals surface area (Å²) < 4.78 is 7.25. The molecule has 1 unspecified atom stereocenters. The number of H-pyrrole nitrogens is 2. The number of benzene rings is 3. The van der Waals surface area contributed by atoms with E-state index in [1.165, 1.54) is 22.9 Å². The van der Waals surface area contributed by atoms with Crippen LogP contribution >= 0.6 is 35.0 Å². The zero-order valence-corrected chi connectivity index (χ0v) is 23.1. The molecule has 2 heterocycles. The Hall–Kier alpha value is -3.46. The van der Waals surface area contributed by atoms with E-state index in [9.17, 15) is 4.79 Å². The summed E-state index contributed by atoms with van der Waals surface area (Å²) in [6.07, 6.45) is 0.683. The average Bonchev–Trinajstić information content (AvgIpc) is 3.54. The summed E-state index contributed by atoms with van der Waals surface area (Å²) in [5.74, 6) is 1.60. The lowest BCUT2D eigenvalue weighted by atomic mass is 9.94. The average molecular weight is 567 g/mol. The maximum absolute atomic E-state index is 11.5. The molecule has 0 saturated heterocycles. The summed E-state index contributed by atoms with van der Waals surface area (Å²) in [5.41, 5.74) is 5.69. The summed E-state index contributed by atoms with van der Waals surface area (Å²) in [7, 11) is 1.64. The number of aromatic nitrogens is 5. The lowest BCUT2D eigenvalue weighted by Gasteiger charge is -2.16. The summed E-state index contributed by atoms with van der Waals surface area (Å²) in [4.78, 5) is 14.2. The molecule has 2 aromatic heterocycles. The highest BCUT2D eigenvalue weighted by Gasteiger charge is 2.19. The summed E-state index contributed by atoms with van der Waals surface area (Å²) in [6, 6.07) is 23.9. The third-order valence-electron chi connectivity index (χ3n) is 6.16. The fourth-order valence-electron chi connectivity index (χ4n) is 4.26. The minimum Gasteiger partial charge on any atom is -0.497 e. The maximum Gasteiger partial charge on any atom is 0.341 e. The Morgan fingerprint density at radius 1 is 1.03 bits per heavy atom. The number of thioether (sulfide) groups is 1. The van der Waals surface area contributed by atoms with Crippen molar-refractivity contribution in [2.45, 2.75) is 24.4 Å². The van der Waals surface area contributed by atoms with E-state index in [0.29, 0.717) is 27.4 Å². The Morgan fingerprint density at radius 2 is 1.84 bits per heavy atom. The molecule has 5 aromatic rings. The molecule has 1 atom stereocenters. The fraction of sp³-hybridized carbons (Fsp3) is 0.179. The van der Waals surface area contributed by atoms with E-state index in [0.717, 1.165) is 28.4 Å². The second-order valence-electron chi connectivity index (χ2n) is 8.87. The number of hydrogen-bond acceptors (Lipinski definition) is 5. The monoisotopic (exact) mass is 565 g/mol. The van der Waals surface area contributed by atoms with E-state index in [-0.39, 0.29) is 11.6 Å². The molecule has 3 aromatic carbocycles.